The highest BCUT2D eigenvalue weighted by Gasteiger charge is 2.19. The normalized spacial score (nSPS) is 11.9. The fraction of sp³-hybridized carbons (Fsp3) is 0.278. The molecule has 0 aromatic heterocycles. The number of aliphatic carboxylic acids is 1. The first-order chi connectivity index (χ1) is 10.7. The molecule has 22 heavy (non-hydrogen) atoms. The highest BCUT2D eigenvalue weighted by molar-refractivity contribution is 5.75. The van der Waals surface area contributed by atoms with Gasteiger partial charge < -0.3 is 15.2 Å². The van der Waals surface area contributed by atoms with E-state index in [9.17, 15) is 9.90 Å². The topological polar surface area (TPSA) is 58.6 Å². The zero-order valence-corrected chi connectivity index (χ0v) is 12.7. The maximum atomic E-state index is 11.4. The van der Waals surface area contributed by atoms with Crippen LogP contribution in [-0.2, 0) is 11.4 Å². The van der Waals surface area contributed by atoms with Gasteiger partial charge in [-0.25, -0.2) is 0 Å². The van der Waals surface area contributed by atoms with Crippen LogP contribution >= 0.6 is 0 Å². The lowest BCUT2D eigenvalue weighted by atomic mass is 10.1. The van der Waals surface area contributed by atoms with Crippen LogP contribution in [0.4, 0.5) is 0 Å². The summed E-state index contributed by atoms with van der Waals surface area (Å²) < 4.78 is 5.75. The minimum Gasteiger partial charge on any atom is -0.489 e. The average molecular weight is 299 g/mol. The molecule has 2 aromatic carbocycles. The molecule has 0 aliphatic carbocycles. The molecule has 4 nitrogen and oxygen atoms in total. The predicted octanol–water partition coefficient (Wildman–Crippen LogP) is 3.39. The van der Waals surface area contributed by atoms with E-state index in [2.05, 4.69) is 5.32 Å². The van der Waals surface area contributed by atoms with E-state index in [4.69, 9.17) is 4.74 Å². The van der Waals surface area contributed by atoms with Crippen molar-refractivity contribution < 1.29 is 14.6 Å². The fourth-order valence-corrected chi connectivity index (χ4v) is 2.16. The van der Waals surface area contributed by atoms with Crippen molar-refractivity contribution >= 4 is 5.97 Å². The van der Waals surface area contributed by atoms with Crippen LogP contribution in [0.3, 0.4) is 0 Å². The summed E-state index contributed by atoms with van der Waals surface area (Å²) in [4.78, 5) is 11.4. The lowest BCUT2D eigenvalue weighted by Crippen LogP contribution is -2.29. The number of rotatable bonds is 8. The number of carbonyl (C=O) groups is 1. The Hall–Kier alpha value is -2.33. The van der Waals surface area contributed by atoms with Gasteiger partial charge in [-0.15, -0.1) is 0 Å². The van der Waals surface area contributed by atoms with Crippen LogP contribution in [-0.4, -0.2) is 17.6 Å². The van der Waals surface area contributed by atoms with Crippen LogP contribution in [0.1, 0.15) is 30.5 Å². The fourth-order valence-electron chi connectivity index (χ4n) is 2.16. The van der Waals surface area contributed by atoms with Gasteiger partial charge in [0.2, 0.25) is 0 Å². The first-order valence-electron chi connectivity index (χ1n) is 7.43. The molecular weight excluding hydrogens is 278 g/mol. The summed E-state index contributed by atoms with van der Waals surface area (Å²) in [6.45, 7) is 3.13. The molecule has 0 radical (unpaired) electrons. The molecule has 2 rings (SSSR count). The molecule has 0 aliphatic heterocycles. The number of ether oxygens (including phenoxy) is 1. The van der Waals surface area contributed by atoms with Gasteiger partial charge in [-0.1, -0.05) is 49.4 Å². The average Bonchev–Trinajstić information content (AvgIpc) is 2.54. The molecule has 0 amide bonds. The molecule has 0 spiro atoms. The summed E-state index contributed by atoms with van der Waals surface area (Å²) in [5, 5.41) is 12.4. The van der Waals surface area contributed by atoms with E-state index in [1.54, 1.807) is 12.1 Å². The minimum atomic E-state index is -0.881. The molecule has 0 fully saturated rings. The van der Waals surface area contributed by atoms with Crippen LogP contribution in [0.5, 0.6) is 5.75 Å². The molecule has 1 atom stereocenters. The van der Waals surface area contributed by atoms with Gasteiger partial charge in [-0.05, 0) is 36.2 Å². The Kier molecular flexibility index (Phi) is 5.98. The zero-order valence-electron chi connectivity index (χ0n) is 12.7. The Morgan fingerprint density at radius 3 is 2.64 bits per heavy atom. The van der Waals surface area contributed by atoms with Crippen molar-refractivity contribution in [2.45, 2.75) is 26.0 Å². The van der Waals surface area contributed by atoms with Gasteiger partial charge in [0.05, 0.1) is 0 Å². The summed E-state index contributed by atoms with van der Waals surface area (Å²) in [6.07, 6.45) is 0.883. The number of benzene rings is 2. The van der Waals surface area contributed by atoms with Crippen LogP contribution in [0.15, 0.2) is 54.6 Å². The third-order valence-electron chi connectivity index (χ3n) is 3.29. The Balaban J connectivity index is 2.06. The Morgan fingerprint density at radius 2 is 1.95 bits per heavy atom. The third-order valence-corrected chi connectivity index (χ3v) is 3.29. The van der Waals surface area contributed by atoms with Gasteiger partial charge in [0.1, 0.15) is 18.4 Å². The van der Waals surface area contributed by atoms with Crippen molar-refractivity contribution in [1.29, 1.82) is 0 Å². The van der Waals surface area contributed by atoms with Crippen molar-refractivity contribution in [3.8, 4) is 5.75 Å². The number of carboxylic acid groups (broad SMARTS) is 1. The molecule has 4 heteroatoms. The van der Waals surface area contributed by atoms with Gasteiger partial charge in [0.25, 0.3) is 0 Å². The van der Waals surface area contributed by atoms with E-state index in [1.165, 1.54) is 0 Å². The summed E-state index contributed by atoms with van der Waals surface area (Å²) in [5.74, 6) is -0.209. The number of hydrogen-bond donors (Lipinski definition) is 2. The van der Waals surface area contributed by atoms with Crippen molar-refractivity contribution in [2.24, 2.45) is 0 Å². The van der Waals surface area contributed by atoms with Crippen LogP contribution in [0.2, 0.25) is 0 Å². The van der Waals surface area contributed by atoms with Gasteiger partial charge in [0, 0.05) is 0 Å². The second-order valence-corrected chi connectivity index (χ2v) is 5.07. The molecule has 0 heterocycles. The van der Waals surface area contributed by atoms with E-state index >= 15 is 0 Å². The molecule has 0 aliphatic rings. The Labute approximate surface area is 130 Å². The molecular formula is C18H21NO3. The maximum absolute atomic E-state index is 11.4. The molecule has 2 N–H and O–H groups in total. The first-order valence-corrected chi connectivity index (χ1v) is 7.43. The van der Waals surface area contributed by atoms with Crippen LogP contribution in [0.25, 0.3) is 0 Å². The Bertz CT molecular complexity index is 598. The van der Waals surface area contributed by atoms with Crippen LogP contribution in [0, 0.1) is 0 Å². The lowest BCUT2D eigenvalue weighted by molar-refractivity contribution is -0.139. The SMILES string of the molecule is CCCNC(C(=O)O)c1cccc(OCc2ccccc2)c1. The van der Waals surface area contributed by atoms with Gasteiger partial charge in [-0.3, -0.25) is 4.79 Å². The summed E-state index contributed by atoms with van der Waals surface area (Å²) in [5.41, 5.74) is 1.78. The molecule has 0 bridgehead atoms. The Morgan fingerprint density at radius 1 is 1.18 bits per heavy atom. The standard InChI is InChI=1S/C18H21NO3/c1-2-11-19-17(18(20)21)15-9-6-10-16(12-15)22-13-14-7-4-3-5-8-14/h3-10,12,17,19H,2,11,13H2,1H3,(H,20,21). The molecule has 2 aromatic rings. The minimum absolute atomic E-state index is 0.463. The monoisotopic (exact) mass is 299 g/mol. The van der Waals surface area contributed by atoms with Gasteiger partial charge in [-0.2, -0.15) is 0 Å². The molecule has 1 unspecified atom stereocenters. The first kappa shape index (κ1) is 16.0. The second kappa shape index (κ2) is 8.20. The van der Waals surface area contributed by atoms with Crippen molar-refractivity contribution in [2.75, 3.05) is 6.54 Å². The smallest absolute Gasteiger partial charge is 0.325 e. The van der Waals surface area contributed by atoms with Crippen LogP contribution < -0.4 is 10.1 Å². The van der Waals surface area contributed by atoms with Gasteiger partial charge in [0.15, 0.2) is 0 Å². The second-order valence-electron chi connectivity index (χ2n) is 5.07. The highest BCUT2D eigenvalue weighted by Crippen LogP contribution is 2.20. The lowest BCUT2D eigenvalue weighted by Gasteiger charge is -2.15. The van der Waals surface area contributed by atoms with E-state index in [1.807, 2.05) is 49.4 Å². The van der Waals surface area contributed by atoms with E-state index in [0.717, 1.165) is 12.0 Å². The van der Waals surface area contributed by atoms with Gasteiger partial charge >= 0.3 is 5.97 Å². The number of carboxylic acids is 1. The summed E-state index contributed by atoms with van der Waals surface area (Å²) in [6, 6.07) is 16.4. The van der Waals surface area contributed by atoms with Crippen molar-refractivity contribution in [3.63, 3.8) is 0 Å². The molecule has 116 valence electrons. The molecule has 0 saturated heterocycles. The van der Waals surface area contributed by atoms with E-state index in [-0.39, 0.29) is 0 Å². The van der Waals surface area contributed by atoms with Crippen molar-refractivity contribution in [3.05, 3.63) is 65.7 Å². The maximum Gasteiger partial charge on any atom is 0.325 e. The summed E-state index contributed by atoms with van der Waals surface area (Å²) >= 11 is 0. The number of hydrogen-bond acceptors (Lipinski definition) is 3. The summed E-state index contributed by atoms with van der Waals surface area (Å²) in [7, 11) is 0. The third kappa shape index (κ3) is 4.60. The predicted molar refractivity (Wildman–Crippen MR) is 85.9 cm³/mol. The quantitative estimate of drug-likeness (QED) is 0.784. The number of nitrogens with one attached hydrogen (secondary N) is 1. The highest BCUT2D eigenvalue weighted by atomic mass is 16.5. The van der Waals surface area contributed by atoms with E-state index in [0.29, 0.717) is 24.5 Å². The molecule has 0 saturated carbocycles. The van der Waals surface area contributed by atoms with E-state index < -0.39 is 12.0 Å². The van der Waals surface area contributed by atoms with Crippen molar-refractivity contribution in [1.82, 2.24) is 5.32 Å². The largest absolute Gasteiger partial charge is 0.489 e. The zero-order chi connectivity index (χ0) is 15.8.